The van der Waals surface area contributed by atoms with E-state index in [-0.39, 0.29) is 0 Å². The lowest BCUT2D eigenvalue weighted by Gasteiger charge is -2.29. The molecule has 1 saturated heterocycles. The van der Waals surface area contributed by atoms with Crippen molar-refractivity contribution in [3.05, 3.63) is 30.2 Å². The van der Waals surface area contributed by atoms with E-state index < -0.39 is 0 Å². The fraction of sp³-hybridized carbons (Fsp3) is 0.526. The van der Waals surface area contributed by atoms with Gasteiger partial charge in [-0.1, -0.05) is 17.3 Å². The lowest BCUT2D eigenvalue weighted by molar-refractivity contribution is 0.0325. The summed E-state index contributed by atoms with van der Waals surface area (Å²) in [6, 6.07) is 9.77. The topological polar surface area (TPSA) is 87.7 Å². The van der Waals surface area contributed by atoms with Crippen LogP contribution in [0.5, 0.6) is 5.75 Å². The number of hydrogen-bond acceptors (Lipinski definition) is 8. The van der Waals surface area contributed by atoms with E-state index in [1.807, 2.05) is 24.3 Å². The molecule has 0 aliphatic carbocycles. The maximum Gasteiger partial charge on any atom is 0.241 e. The Labute approximate surface area is 159 Å². The molecule has 144 valence electrons. The number of aromatic nitrogens is 2. The second-order valence-corrected chi connectivity index (χ2v) is 6.38. The summed E-state index contributed by atoms with van der Waals surface area (Å²) < 4.78 is 16.1. The van der Waals surface area contributed by atoms with Crippen LogP contribution in [0.3, 0.4) is 0 Å². The van der Waals surface area contributed by atoms with E-state index in [4.69, 9.17) is 19.3 Å². The standard InChI is InChI=1S/C19H25N5O3/c1-25-17-5-2-4-16(14-17)19-21-18(27-22-19)15-24(7-3-6-20)9-8-23-10-12-26-13-11-23/h2,4-5,14H,3,7-13,15H2,1H3. The molecule has 0 atom stereocenters. The van der Waals surface area contributed by atoms with Gasteiger partial charge in [0.15, 0.2) is 0 Å². The summed E-state index contributed by atoms with van der Waals surface area (Å²) >= 11 is 0. The summed E-state index contributed by atoms with van der Waals surface area (Å²) in [6.45, 7) is 6.46. The summed E-state index contributed by atoms with van der Waals surface area (Å²) in [6.07, 6.45) is 0.472. The van der Waals surface area contributed by atoms with Gasteiger partial charge in [-0.25, -0.2) is 0 Å². The molecule has 1 aromatic carbocycles. The molecule has 1 aliphatic heterocycles. The summed E-state index contributed by atoms with van der Waals surface area (Å²) in [5, 5.41) is 13.0. The van der Waals surface area contributed by atoms with Gasteiger partial charge in [-0.2, -0.15) is 10.2 Å². The molecule has 2 aromatic rings. The van der Waals surface area contributed by atoms with Crippen molar-refractivity contribution < 1.29 is 14.0 Å². The van der Waals surface area contributed by atoms with Gasteiger partial charge in [-0.3, -0.25) is 9.80 Å². The molecule has 0 N–H and O–H groups in total. The van der Waals surface area contributed by atoms with Gasteiger partial charge in [0.25, 0.3) is 0 Å². The molecule has 2 heterocycles. The number of nitrogens with zero attached hydrogens (tertiary/aromatic N) is 5. The predicted octanol–water partition coefficient (Wildman–Crippen LogP) is 1.79. The molecule has 27 heavy (non-hydrogen) atoms. The zero-order valence-electron chi connectivity index (χ0n) is 15.6. The van der Waals surface area contributed by atoms with Crippen molar-refractivity contribution in [1.82, 2.24) is 19.9 Å². The van der Waals surface area contributed by atoms with Gasteiger partial charge in [-0.05, 0) is 12.1 Å². The highest BCUT2D eigenvalue weighted by atomic mass is 16.5. The first-order valence-electron chi connectivity index (χ1n) is 9.15. The Morgan fingerprint density at radius 2 is 2.15 bits per heavy atom. The Bertz CT molecular complexity index is 752. The maximum atomic E-state index is 8.93. The number of ether oxygens (including phenoxy) is 2. The monoisotopic (exact) mass is 371 g/mol. The fourth-order valence-corrected chi connectivity index (χ4v) is 2.98. The van der Waals surface area contributed by atoms with E-state index >= 15 is 0 Å². The Kier molecular flexibility index (Phi) is 7.16. The van der Waals surface area contributed by atoms with Crippen molar-refractivity contribution >= 4 is 0 Å². The highest BCUT2D eigenvalue weighted by Gasteiger charge is 2.16. The van der Waals surface area contributed by atoms with Crippen LogP contribution in [0.25, 0.3) is 11.4 Å². The smallest absolute Gasteiger partial charge is 0.241 e. The summed E-state index contributed by atoms with van der Waals surface area (Å²) in [5.74, 6) is 1.84. The first kappa shape index (κ1) is 19.3. The minimum absolute atomic E-state index is 0.472. The third-order valence-electron chi connectivity index (χ3n) is 4.53. The number of benzene rings is 1. The predicted molar refractivity (Wildman–Crippen MR) is 99.1 cm³/mol. The van der Waals surface area contributed by atoms with Gasteiger partial charge < -0.3 is 14.0 Å². The van der Waals surface area contributed by atoms with Crippen molar-refractivity contribution in [2.45, 2.75) is 13.0 Å². The zero-order chi connectivity index (χ0) is 18.9. The van der Waals surface area contributed by atoms with E-state index in [2.05, 4.69) is 26.0 Å². The molecule has 3 rings (SSSR count). The first-order valence-corrected chi connectivity index (χ1v) is 9.15. The molecule has 0 radical (unpaired) electrons. The molecule has 1 aliphatic rings. The Balaban J connectivity index is 1.61. The van der Waals surface area contributed by atoms with Gasteiger partial charge in [0.1, 0.15) is 5.75 Å². The van der Waals surface area contributed by atoms with Crippen molar-refractivity contribution in [1.29, 1.82) is 5.26 Å². The van der Waals surface area contributed by atoms with E-state index in [1.54, 1.807) is 7.11 Å². The minimum Gasteiger partial charge on any atom is -0.497 e. The van der Waals surface area contributed by atoms with Crippen LogP contribution >= 0.6 is 0 Å². The van der Waals surface area contributed by atoms with Crippen molar-refractivity contribution in [3.8, 4) is 23.2 Å². The van der Waals surface area contributed by atoms with Crippen LogP contribution < -0.4 is 4.74 Å². The average molecular weight is 371 g/mol. The maximum absolute atomic E-state index is 8.93. The van der Waals surface area contributed by atoms with Crippen LogP contribution in [0.2, 0.25) is 0 Å². The number of hydrogen-bond donors (Lipinski definition) is 0. The van der Waals surface area contributed by atoms with Gasteiger partial charge in [0.05, 0.1) is 32.9 Å². The Morgan fingerprint density at radius 1 is 1.30 bits per heavy atom. The fourth-order valence-electron chi connectivity index (χ4n) is 2.98. The van der Waals surface area contributed by atoms with Crippen molar-refractivity contribution in [2.75, 3.05) is 53.0 Å². The van der Waals surface area contributed by atoms with Crippen LogP contribution in [-0.2, 0) is 11.3 Å². The second kappa shape index (κ2) is 10.0. The third-order valence-corrected chi connectivity index (χ3v) is 4.53. The Morgan fingerprint density at radius 3 is 2.93 bits per heavy atom. The Hall–Kier alpha value is -2.47. The molecule has 8 nitrogen and oxygen atoms in total. The molecule has 8 heteroatoms. The highest BCUT2D eigenvalue weighted by Crippen LogP contribution is 2.21. The molecular weight excluding hydrogens is 346 g/mol. The average Bonchev–Trinajstić information content (AvgIpc) is 3.19. The SMILES string of the molecule is COc1cccc(-c2noc(CN(CCC#N)CCN3CCOCC3)n2)c1. The molecular formula is C19H25N5O3. The first-order chi connectivity index (χ1) is 13.3. The summed E-state index contributed by atoms with van der Waals surface area (Å²) in [4.78, 5) is 9.06. The van der Waals surface area contributed by atoms with Gasteiger partial charge >= 0.3 is 0 Å². The molecule has 1 fully saturated rings. The lowest BCUT2D eigenvalue weighted by Crippen LogP contribution is -2.41. The minimum atomic E-state index is 0.472. The molecule has 1 aromatic heterocycles. The normalized spacial score (nSPS) is 15.0. The van der Waals surface area contributed by atoms with E-state index in [1.165, 1.54) is 0 Å². The van der Waals surface area contributed by atoms with Gasteiger partial charge in [0, 0.05) is 44.7 Å². The molecule has 0 unspecified atom stereocenters. The van der Waals surface area contributed by atoms with E-state index in [0.29, 0.717) is 31.2 Å². The van der Waals surface area contributed by atoms with Crippen LogP contribution in [0.15, 0.2) is 28.8 Å². The number of nitriles is 1. The lowest BCUT2D eigenvalue weighted by atomic mass is 10.2. The van der Waals surface area contributed by atoms with E-state index in [9.17, 15) is 0 Å². The van der Waals surface area contributed by atoms with Gasteiger partial charge in [0.2, 0.25) is 11.7 Å². The second-order valence-electron chi connectivity index (χ2n) is 6.38. The molecule has 0 saturated carbocycles. The number of morpholine rings is 1. The van der Waals surface area contributed by atoms with Crippen LogP contribution in [0.4, 0.5) is 0 Å². The molecule has 0 spiro atoms. The summed E-state index contributed by atoms with van der Waals surface area (Å²) in [7, 11) is 1.63. The van der Waals surface area contributed by atoms with Crippen LogP contribution in [0, 0.1) is 11.3 Å². The van der Waals surface area contributed by atoms with Crippen molar-refractivity contribution in [2.24, 2.45) is 0 Å². The van der Waals surface area contributed by atoms with Gasteiger partial charge in [-0.15, -0.1) is 0 Å². The van der Waals surface area contributed by atoms with E-state index in [0.717, 1.165) is 50.7 Å². The van der Waals surface area contributed by atoms with Crippen LogP contribution in [-0.4, -0.2) is 73.0 Å². The highest BCUT2D eigenvalue weighted by molar-refractivity contribution is 5.56. The third kappa shape index (κ3) is 5.76. The number of rotatable bonds is 9. The van der Waals surface area contributed by atoms with Crippen molar-refractivity contribution in [3.63, 3.8) is 0 Å². The molecule has 0 bridgehead atoms. The quantitative estimate of drug-likeness (QED) is 0.659. The zero-order valence-corrected chi connectivity index (χ0v) is 15.6. The number of methoxy groups -OCH3 is 1. The largest absolute Gasteiger partial charge is 0.497 e. The van der Waals surface area contributed by atoms with Crippen LogP contribution in [0.1, 0.15) is 12.3 Å². The summed E-state index contributed by atoms with van der Waals surface area (Å²) in [5.41, 5.74) is 0.848. The molecule has 0 amide bonds.